The molecule has 0 aliphatic heterocycles. The van der Waals surface area contributed by atoms with Gasteiger partial charge in [0.15, 0.2) is 4.88 Å². The van der Waals surface area contributed by atoms with Crippen LogP contribution in [0.1, 0.15) is 15.2 Å². The van der Waals surface area contributed by atoms with E-state index in [-0.39, 0.29) is 4.88 Å². The third kappa shape index (κ3) is 2.87. The van der Waals surface area contributed by atoms with Crippen molar-refractivity contribution in [2.75, 3.05) is 0 Å². The summed E-state index contributed by atoms with van der Waals surface area (Å²) in [4.78, 5) is 11.1. The molecular weight excluding hydrogens is 304 g/mol. The number of carboxylic acid groups (broad SMARTS) is 1. The second-order valence-electron chi connectivity index (χ2n) is 3.30. The highest BCUT2D eigenvalue weighted by atomic mass is 79.9. The smallest absolute Gasteiger partial charge is 0.349 e. The average molecular weight is 313 g/mol. The van der Waals surface area contributed by atoms with E-state index in [0.29, 0.717) is 12.4 Å². The van der Waals surface area contributed by atoms with Crippen LogP contribution >= 0.6 is 27.3 Å². The van der Waals surface area contributed by atoms with Crippen molar-refractivity contribution >= 4 is 33.2 Å². The van der Waals surface area contributed by atoms with Crippen molar-refractivity contribution in [3.05, 3.63) is 50.6 Å². The molecule has 0 atom stereocenters. The number of ether oxygens (including phenoxy) is 1. The lowest BCUT2D eigenvalue weighted by Gasteiger charge is -2.07. The van der Waals surface area contributed by atoms with E-state index in [1.807, 2.05) is 24.3 Å². The molecule has 5 heteroatoms. The first kappa shape index (κ1) is 12.1. The highest BCUT2D eigenvalue weighted by molar-refractivity contribution is 9.10. The molecule has 0 unspecified atom stereocenters. The summed E-state index contributed by atoms with van der Waals surface area (Å²) in [6.07, 6.45) is 0. The number of halogens is 1. The Balaban J connectivity index is 2.10. The van der Waals surface area contributed by atoms with E-state index < -0.39 is 5.97 Å². The molecule has 1 N–H and O–H groups in total. The first-order chi connectivity index (χ1) is 8.18. The Morgan fingerprint density at radius 3 is 2.82 bits per heavy atom. The third-order valence-electron chi connectivity index (χ3n) is 2.16. The van der Waals surface area contributed by atoms with E-state index in [0.717, 1.165) is 21.4 Å². The number of rotatable bonds is 4. The molecule has 0 fully saturated rings. The molecule has 3 nitrogen and oxygen atoms in total. The van der Waals surface area contributed by atoms with E-state index in [4.69, 9.17) is 9.84 Å². The maximum Gasteiger partial charge on any atom is 0.349 e. The van der Waals surface area contributed by atoms with Gasteiger partial charge in [-0.15, -0.1) is 11.3 Å². The molecule has 0 aliphatic rings. The first-order valence-corrected chi connectivity index (χ1v) is 6.52. The van der Waals surface area contributed by atoms with Crippen molar-refractivity contribution in [1.29, 1.82) is 0 Å². The van der Waals surface area contributed by atoms with Gasteiger partial charge in [-0.2, -0.15) is 0 Å². The molecule has 0 saturated heterocycles. The van der Waals surface area contributed by atoms with Crippen LogP contribution in [0.25, 0.3) is 0 Å². The molecule has 0 amide bonds. The Morgan fingerprint density at radius 2 is 2.12 bits per heavy atom. The predicted octanol–water partition coefficient (Wildman–Crippen LogP) is 3.79. The summed E-state index contributed by atoms with van der Waals surface area (Å²) in [5.74, 6) is -0.541. The maximum atomic E-state index is 10.9. The number of carboxylic acids is 1. The van der Waals surface area contributed by atoms with Gasteiger partial charge in [0.2, 0.25) is 0 Å². The Bertz CT molecular complexity index is 536. The molecule has 2 rings (SSSR count). The Hall–Kier alpha value is -1.33. The number of benzene rings is 1. The van der Waals surface area contributed by atoms with Crippen molar-refractivity contribution in [3.63, 3.8) is 0 Å². The number of thiophene rings is 1. The number of hydrogen-bond acceptors (Lipinski definition) is 3. The van der Waals surface area contributed by atoms with Gasteiger partial charge >= 0.3 is 5.97 Å². The zero-order chi connectivity index (χ0) is 12.3. The van der Waals surface area contributed by atoms with Crippen LogP contribution in [0, 0.1) is 0 Å². The zero-order valence-corrected chi connectivity index (χ0v) is 11.1. The fraction of sp³-hybridized carbons (Fsp3) is 0.0833. The maximum absolute atomic E-state index is 10.9. The summed E-state index contributed by atoms with van der Waals surface area (Å²) in [5, 5.41) is 10.6. The average Bonchev–Trinajstić information content (AvgIpc) is 2.76. The number of hydrogen-bond donors (Lipinski definition) is 1. The molecule has 88 valence electrons. The lowest BCUT2D eigenvalue weighted by Crippen LogP contribution is -2.00. The minimum absolute atomic E-state index is 0.233. The van der Waals surface area contributed by atoms with Gasteiger partial charge in [-0.05, 0) is 17.5 Å². The zero-order valence-electron chi connectivity index (χ0n) is 8.72. The molecule has 0 bridgehead atoms. The molecule has 0 spiro atoms. The SMILES string of the molecule is O=C(O)c1sccc1OCc1ccccc1Br. The summed E-state index contributed by atoms with van der Waals surface area (Å²) in [6, 6.07) is 9.35. The van der Waals surface area contributed by atoms with Gasteiger partial charge in [-0.3, -0.25) is 0 Å². The minimum Gasteiger partial charge on any atom is -0.487 e. The van der Waals surface area contributed by atoms with E-state index in [1.165, 1.54) is 0 Å². The van der Waals surface area contributed by atoms with Crippen molar-refractivity contribution in [2.24, 2.45) is 0 Å². The van der Waals surface area contributed by atoms with Crippen LogP contribution in [0.3, 0.4) is 0 Å². The molecule has 0 aliphatic carbocycles. The topological polar surface area (TPSA) is 46.5 Å². The van der Waals surface area contributed by atoms with Gasteiger partial charge in [0.25, 0.3) is 0 Å². The molecule has 0 saturated carbocycles. The van der Waals surface area contributed by atoms with Gasteiger partial charge in [0.05, 0.1) is 0 Å². The van der Waals surface area contributed by atoms with Gasteiger partial charge in [0, 0.05) is 10.0 Å². The monoisotopic (exact) mass is 312 g/mol. The van der Waals surface area contributed by atoms with Crippen molar-refractivity contribution in [1.82, 2.24) is 0 Å². The summed E-state index contributed by atoms with van der Waals surface area (Å²) >= 11 is 4.58. The molecule has 1 aromatic heterocycles. The van der Waals surface area contributed by atoms with Crippen LogP contribution in [0.5, 0.6) is 5.75 Å². The van der Waals surface area contributed by atoms with Gasteiger partial charge in [-0.1, -0.05) is 34.1 Å². The summed E-state index contributed by atoms with van der Waals surface area (Å²) in [6.45, 7) is 0.346. The van der Waals surface area contributed by atoms with Crippen LogP contribution < -0.4 is 4.74 Å². The van der Waals surface area contributed by atoms with Crippen LogP contribution in [0.15, 0.2) is 40.2 Å². The quantitative estimate of drug-likeness (QED) is 0.934. The van der Waals surface area contributed by atoms with E-state index in [1.54, 1.807) is 11.4 Å². The summed E-state index contributed by atoms with van der Waals surface area (Å²) in [5.41, 5.74) is 0.982. The summed E-state index contributed by atoms with van der Waals surface area (Å²) in [7, 11) is 0. The van der Waals surface area contributed by atoms with Gasteiger partial charge in [-0.25, -0.2) is 4.79 Å². The second kappa shape index (κ2) is 5.33. The van der Waals surface area contributed by atoms with Crippen LogP contribution in [-0.2, 0) is 6.61 Å². The highest BCUT2D eigenvalue weighted by Crippen LogP contribution is 2.26. The lowest BCUT2D eigenvalue weighted by atomic mass is 10.2. The van der Waals surface area contributed by atoms with Crippen molar-refractivity contribution in [2.45, 2.75) is 6.61 Å². The van der Waals surface area contributed by atoms with Crippen molar-refractivity contribution < 1.29 is 14.6 Å². The van der Waals surface area contributed by atoms with Gasteiger partial charge < -0.3 is 9.84 Å². The fourth-order valence-electron chi connectivity index (χ4n) is 1.34. The molecule has 1 aromatic carbocycles. The Kier molecular flexibility index (Phi) is 3.81. The van der Waals surface area contributed by atoms with Crippen LogP contribution in [0.4, 0.5) is 0 Å². The molecule has 1 heterocycles. The largest absolute Gasteiger partial charge is 0.487 e. The standard InChI is InChI=1S/C12H9BrO3S/c13-9-4-2-1-3-8(9)7-16-10-5-6-17-11(10)12(14)15/h1-6H,7H2,(H,14,15). The van der Waals surface area contributed by atoms with E-state index >= 15 is 0 Å². The van der Waals surface area contributed by atoms with E-state index in [2.05, 4.69) is 15.9 Å². The number of carbonyl (C=O) groups is 1. The minimum atomic E-state index is -0.956. The summed E-state index contributed by atoms with van der Waals surface area (Å²) < 4.78 is 6.46. The first-order valence-electron chi connectivity index (χ1n) is 4.85. The normalized spacial score (nSPS) is 10.2. The third-order valence-corrected chi connectivity index (χ3v) is 3.82. The second-order valence-corrected chi connectivity index (χ2v) is 5.07. The highest BCUT2D eigenvalue weighted by Gasteiger charge is 2.13. The van der Waals surface area contributed by atoms with Crippen molar-refractivity contribution in [3.8, 4) is 5.75 Å². The Morgan fingerprint density at radius 1 is 1.35 bits per heavy atom. The molecule has 2 aromatic rings. The number of aromatic carboxylic acids is 1. The van der Waals surface area contributed by atoms with Crippen LogP contribution in [-0.4, -0.2) is 11.1 Å². The predicted molar refractivity (Wildman–Crippen MR) is 69.8 cm³/mol. The Labute approximate surface area is 111 Å². The fourth-order valence-corrected chi connectivity index (χ4v) is 2.41. The van der Waals surface area contributed by atoms with E-state index in [9.17, 15) is 4.79 Å². The van der Waals surface area contributed by atoms with Crippen LogP contribution in [0.2, 0.25) is 0 Å². The molecule has 0 radical (unpaired) electrons. The lowest BCUT2D eigenvalue weighted by molar-refractivity contribution is 0.0697. The molecule has 17 heavy (non-hydrogen) atoms. The van der Waals surface area contributed by atoms with Gasteiger partial charge in [0.1, 0.15) is 12.4 Å². The molecular formula is C12H9BrO3S.